The molecule has 0 aromatic heterocycles. The van der Waals surface area contributed by atoms with Gasteiger partial charge in [0.1, 0.15) is 0 Å². The molecule has 1 N–H and O–H groups in total. The van der Waals surface area contributed by atoms with Gasteiger partial charge in [-0.3, -0.25) is 4.79 Å². The van der Waals surface area contributed by atoms with Crippen LogP contribution in [0.4, 0.5) is 0 Å². The van der Waals surface area contributed by atoms with Gasteiger partial charge in [-0.2, -0.15) is 0 Å². The highest BCUT2D eigenvalue weighted by Gasteiger charge is 2.56. The first-order valence-electron chi connectivity index (χ1n) is 7.36. The van der Waals surface area contributed by atoms with Crippen molar-refractivity contribution < 1.29 is 4.79 Å². The lowest BCUT2D eigenvalue weighted by atomic mass is 9.45. The Balaban J connectivity index is 1.68. The van der Waals surface area contributed by atoms with Crippen molar-refractivity contribution in [1.29, 1.82) is 0 Å². The van der Waals surface area contributed by atoms with Crippen LogP contribution in [-0.4, -0.2) is 11.9 Å². The molecule has 0 spiro atoms. The molecule has 2 bridgehead atoms. The monoisotopic (exact) mass is 257 g/mol. The summed E-state index contributed by atoms with van der Waals surface area (Å²) >= 11 is 0. The standard InChI is InChI=1S/C17H23NO/c1-11-14-9-13(17(14,2)3)10-15(11)18-16(19)12-7-5-4-6-8-12/h4-8,11,13-15H,9-10H2,1-3H3,(H,18,19)/t11-,13+,14+,15+/m0/s1. The van der Waals surface area contributed by atoms with Gasteiger partial charge < -0.3 is 5.32 Å². The first-order valence-corrected chi connectivity index (χ1v) is 7.36. The zero-order chi connectivity index (χ0) is 13.6. The van der Waals surface area contributed by atoms with E-state index in [4.69, 9.17) is 0 Å². The Bertz CT molecular complexity index is 479. The third-order valence-corrected chi connectivity index (χ3v) is 5.71. The summed E-state index contributed by atoms with van der Waals surface area (Å²) < 4.78 is 0. The van der Waals surface area contributed by atoms with Crippen molar-refractivity contribution in [1.82, 2.24) is 5.32 Å². The maximum Gasteiger partial charge on any atom is 0.251 e. The zero-order valence-electron chi connectivity index (χ0n) is 12.0. The van der Waals surface area contributed by atoms with E-state index in [0.29, 0.717) is 17.4 Å². The van der Waals surface area contributed by atoms with Crippen LogP contribution in [0.15, 0.2) is 30.3 Å². The van der Waals surface area contributed by atoms with Crippen LogP contribution < -0.4 is 5.32 Å². The van der Waals surface area contributed by atoms with Crippen LogP contribution in [0.5, 0.6) is 0 Å². The number of rotatable bonds is 2. The Morgan fingerprint density at radius 1 is 1.21 bits per heavy atom. The molecule has 1 amide bonds. The van der Waals surface area contributed by atoms with E-state index in [9.17, 15) is 4.79 Å². The van der Waals surface area contributed by atoms with Crippen LogP contribution in [0.1, 0.15) is 44.0 Å². The highest BCUT2D eigenvalue weighted by atomic mass is 16.1. The molecule has 0 aliphatic heterocycles. The molecule has 0 saturated heterocycles. The minimum absolute atomic E-state index is 0.0801. The lowest BCUT2D eigenvalue weighted by molar-refractivity contribution is -0.113. The van der Waals surface area contributed by atoms with Gasteiger partial charge in [0.2, 0.25) is 0 Å². The molecule has 3 aliphatic rings. The Morgan fingerprint density at radius 3 is 2.47 bits per heavy atom. The summed E-state index contributed by atoms with van der Waals surface area (Å²) in [5, 5.41) is 3.24. The van der Waals surface area contributed by atoms with E-state index in [1.54, 1.807) is 0 Å². The predicted octanol–water partition coefficient (Wildman–Crippen LogP) is 3.49. The summed E-state index contributed by atoms with van der Waals surface area (Å²) in [4.78, 5) is 12.2. The quantitative estimate of drug-likeness (QED) is 0.863. The molecule has 3 aliphatic carbocycles. The van der Waals surface area contributed by atoms with E-state index in [-0.39, 0.29) is 5.91 Å². The van der Waals surface area contributed by atoms with E-state index in [0.717, 1.165) is 23.8 Å². The van der Waals surface area contributed by atoms with Gasteiger partial charge in [-0.15, -0.1) is 0 Å². The van der Waals surface area contributed by atoms with E-state index < -0.39 is 0 Å². The minimum atomic E-state index is 0.0801. The zero-order valence-corrected chi connectivity index (χ0v) is 12.0. The number of benzene rings is 1. The van der Waals surface area contributed by atoms with Crippen molar-refractivity contribution in [2.75, 3.05) is 0 Å². The first kappa shape index (κ1) is 12.7. The molecule has 1 aromatic carbocycles. The molecule has 3 fully saturated rings. The Labute approximate surface area is 115 Å². The van der Waals surface area contributed by atoms with Crippen molar-refractivity contribution in [3.05, 3.63) is 35.9 Å². The second kappa shape index (κ2) is 4.36. The number of fused-ring (bicyclic) bond motifs is 2. The van der Waals surface area contributed by atoms with Gasteiger partial charge in [0.15, 0.2) is 0 Å². The summed E-state index contributed by atoms with van der Waals surface area (Å²) in [6.45, 7) is 7.08. The molecule has 4 atom stereocenters. The van der Waals surface area contributed by atoms with E-state index in [1.807, 2.05) is 30.3 Å². The molecular formula is C17H23NO. The summed E-state index contributed by atoms with van der Waals surface area (Å²) in [5.41, 5.74) is 1.25. The second-order valence-corrected chi connectivity index (χ2v) is 6.90. The lowest BCUT2D eigenvalue weighted by Gasteiger charge is -2.62. The van der Waals surface area contributed by atoms with Crippen LogP contribution >= 0.6 is 0 Å². The number of carbonyl (C=O) groups excluding carboxylic acids is 1. The molecule has 0 radical (unpaired) electrons. The SMILES string of the molecule is C[C@H]1[C@H]2C[C@H](C[C@H]1NC(=O)c1ccccc1)C2(C)C. The fourth-order valence-corrected chi connectivity index (χ4v) is 4.18. The summed E-state index contributed by atoms with van der Waals surface area (Å²) in [7, 11) is 0. The highest BCUT2D eigenvalue weighted by Crippen LogP contribution is 2.61. The van der Waals surface area contributed by atoms with Crippen molar-refractivity contribution in [2.45, 2.75) is 39.7 Å². The third kappa shape index (κ3) is 1.98. The topological polar surface area (TPSA) is 29.1 Å². The average Bonchev–Trinajstić information content (AvgIpc) is 2.41. The van der Waals surface area contributed by atoms with Crippen LogP contribution in [0.2, 0.25) is 0 Å². The predicted molar refractivity (Wildman–Crippen MR) is 76.9 cm³/mol. The van der Waals surface area contributed by atoms with Crippen LogP contribution in [0.25, 0.3) is 0 Å². The highest BCUT2D eigenvalue weighted by molar-refractivity contribution is 5.94. The summed E-state index contributed by atoms with van der Waals surface area (Å²) in [5.74, 6) is 2.23. The van der Waals surface area contributed by atoms with Crippen molar-refractivity contribution in [2.24, 2.45) is 23.2 Å². The van der Waals surface area contributed by atoms with Crippen LogP contribution in [0.3, 0.4) is 0 Å². The Morgan fingerprint density at radius 2 is 1.89 bits per heavy atom. The van der Waals surface area contributed by atoms with Gasteiger partial charge in [0, 0.05) is 11.6 Å². The largest absolute Gasteiger partial charge is 0.349 e. The van der Waals surface area contributed by atoms with E-state index in [1.165, 1.54) is 6.42 Å². The Hall–Kier alpha value is -1.31. The molecule has 0 heterocycles. The molecule has 1 aromatic rings. The molecule has 102 valence electrons. The number of amides is 1. The van der Waals surface area contributed by atoms with Gasteiger partial charge in [0.25, 0.3) is 5.91 Å². The fourth-order valence-electron chi connectivity index (χ4n) is 4.18. The first-order chi connectivity index (χ1) is 9.00. The lowest BCUT2D eigenvalue weighted by Crippen LogP contribution is -2.60. The van der Waals surface area contributed by atoms with Crippen molar-refractivity contribution in [3.8, 4) is 0 Å². The third-order valence-electron chi connectivity index (χ3n) is 5.71. The fraction of sp³-hybridized carbons (Fsp3) is 0.588. The van der Waals surface area contributed by atoms with Gasteiger partial charge in [-0.1, -0.05) is 39.0 Å². The number of hydrogen-bond acceptors (Lipinski definition) is 1. The smallest absolute Gasteiger partial charge is 0.251 e. The van der Waals surface area contributed by atoms with E-state index in [2.05, 4.69) is 26.1 Å². The number of nitrogens with one attached hydrogen (secondary N) is 1. The Kier molecular flexibility index (Phi) is 2.92. The normalized spacial score (nSPS) is 35.3. The number of carbonyl (C=O) groups is 1. The molecule has 0 unspecified atom stereocenters. The molecule has 2 heteroatoms. The van der Waals surface area contributed by atoms with Gasteiger partial charge in [0.05, 0.1) is 0 Å². The number of hydrogen-bond donors (Lipinski definition) is 1. The molecule has 2 nitrogen and oxygen atoms in total. The van der Waals surface area contributed by atoms with Gasteiger partial charge >= 0.3 is 0 Å². The maximum atomic E-state index is 12.2. The maximum absolute atomic E-state index is 12.2. The molecule has 19 heavy (non-hydrogen) atoms. The van der Waals surface area contributed by atoms with Crippen molar-refractivity contribution in [3.63, 3.8) is 0 Å². The molecule has 3 saturated carbocycles. The van der Waals surface area contributed by atoms with E-state index >= 15 is 0 Å². The van der Waals surface area contributed by atoms with Gasteiger partial charge in [-0.05, 0) is 48.1 Å². The van der Waals surface area contributed by atoms with Gasteiger partial charge in [-0.25, -0.2) is 0 Å². The average molecular weight is 257 g/mol. The van der Waals surface area contributed by atoms with Crippen molar-refractivity contribution >= 4 is 5.91 Å². The summed E-state index contributed by atoms with van der Waals surface area (Å²) in [6.07, 6.45) is 2.50. The minimum Gasteiger partial charge on any atom is -0.349 e. The van der Waals surface area contributed by atoms with Crippen LogP contribution in [-0.2, 0) is 0 Å². The molecule has 4 rings (SSSR count). The second-order valence-electron chi connectivity index (χ2n) is 6.90. The van der Waals surface area contributed by atoms with Crippen LogP contribution in [0, 0.1) is 23.2 Å². The molecular weight excluding hydrogens is 234 g/mol. The summed E-state index contributed by atoms with van der Waals surface area (Å²) in [6, 6.07) is 9.89.